The Morgan fingerprint density at radius 2 is 1.53 bits per heavy atom. The SMILES string of the molecule is CN1CC(O)c2ccccc2C(c2ccccc2)C1. The van der Waals surface area contributed by atoms with Crippen molar-refractivity contribution < 1.29 is 5.11 Å². The number of nitrogens with zero attached hydrogens (tertiary/aromatic N) is 1. The van der Waals surface area contributed by atoms with E-state index in [1.165, 1.54) is 11.1 Å². The van der Waals surface area contributed by atoms with Crippen molar-refractivity contribution in [1.29, 1.82) is 0 Å². The largest absolute Gasteiger partial charge is 0.387 e. The minimum atomic E-state index is -0.394. The zero-order valence-electron chi connectivity index (χ0n) is 11.2. The molecule has 2 aromatic rings. The van der Waals surface area contributed by atoms with E-state index in [9.17, 15) is 5.11 Å². The maximum Gasteiger partial charge on any atom is 0.0919 e. The highest BCUT2D eigenvalue weighted by Gasteiger charge is 2.26. The summed E-state index contributed by atoms with van der Waals surface area (Å²) in [5, 5.41) is 10.3. The Balaban J connectivity index is 2.10. The van der Waals surface area contributed by atoms with E-state index in [1.807, 2.05) is 12.1 Å². The molecule has 0 aromatic heterocycles. The molecule has 0 amide bonds. The van der Waals surface area contributed by atoms with Gasteiger partial charge in [0.05, 0.1) is 6.10 Å². The fourth-order valence-corrected chi connectivity index (χ4v) is 2.98. The fourth-order valence-electron chi connectivity index (χ4n) is 2.98. The monoisotopic (exact) mass is 253 g/mol. The number of rotatable bonds is 1. The molecule has 2 atom stereocenters. The summed E-state index contributed by atoms with van der Waals surface area (Å²) in [7, 11) is 2.07. The number of aliphatic hydroxyl groups excluding tert-OH is 1. The number of hydrogen-bond acceptors (Lipinski definition) is 2. The van der Waals surface area contributed by atoms with Gasteiger partial charge in [-0.2, -0.15) is 0 Å². The van der Waals surface area contributed by atoms with E-state index in [-0.39, 0.29) is 0 Å². The maximum atomic E-state index is 10.3. The summed E-state index contributed by atoms with van der Waals surface area (Å²) in [6.45, 7) is 1.64. The predicted molar refractivity (Wildman–Crippen MR) is 77.2 cm³/mol. The number of aliphatic hydroxyl groups is 1. The third kappa shape index (κ3) is 2.42. The van der Waals surface area contributed by atoms with Crippen LogP contribution in [-0.4, -0.2) is 30.1 Å². The van der Waals surface area contributed by atoms with Crippen LogP contribution >= 0.6 is 0 Å². The van der Waals surface area contributed by atoms with Crippen molar-refractivity contribution in [2.24, 2.45) is 0 Å². The van der Waals surface area contributed by atoms with Crippen LogP contribution in [0.25, 0.3) is 0 Å². The highest BCUT2D eigenvalue weighted by molar-refractivity contribution is 5.40. The molecule has 3 rings (SSSR count). The van der Waals surface area contributed by atoms with Crippen LogP contribution in [0, 0.1) is 0 Å². The van der Waals surface area contributed by atoms with Gasteiger partial charge in [-0.1, -0.05) is 54.6 Å². The van der Waals surface area contributed by atoms with Crippen LogP contribution in [0.3, 0.4) is 0 Å². The molecule has 2 nitrogen and oxygen atoms in total. The predicted octanol–water partition coefficient (Wildman–Crippen LogP) is 2.80. The van der Waals surface area contributed by atoms with Crippen LogP contribution in [0.1, 0.15) is 28.7 Å². The van der Waals surface area contributed by atoms with Gasteiger partial charge in [0.25, 0.3) is 0 Å². The molecular weight excluding hydrogens is 234 g/mol. The van der Waals surface area contributed by atoms with Gasteiger partial charge in [0.1, 0.15) is 0 Å². The van der Waals surface area contributed by atoms with Gasteiger partial charge in [-0.25, -0.2) is 0 Å². The van der Waals surface area contributed by atoms with E-state index in [1.54, 1.807) is 0 Å². The summed E-state index contributed by atoms with van der Waals surface area (Å²) in [6, 6.07) is 18.8. The van der Waals surface area contributed by atoms with Crippen LogP contribution in [0.15, 0.2) is 54.6 Å². The molecule has 19 heavy (non-hydrogen) atoms. The molecule has 98 valence electrons. The molecule has 0 aliphatic carbocycles. The number of hydrogen-bond donors (Lipinski definition) is 1. The number of fused-ring (bicyclic) bond motifs is 1. The quantitative estimate of drug-likeness (QED) is 0.844. The van der Waals surface area contributed by atoms with Crippen molar-refractivity contribution in [1.82, 2.24) is 4.90 Å². The first kappa shape index (κ1) is 12.4. The summed E-state index contributed by atoms with van der Waals surface area (Å²) in [4.78, 5) is 2.21. The lowest BCUT2D eigenvalue weighted by Gasteiger charge is -2.21. The lowest BCUT2D eigenvalue weighted by atomic mass is 9.87. The highest BCUT2D eigenvalue weighted by Crippen LogP contribution is 2.34. The number of benzene rings is 2. The van der Waals surface area contributed by atoms with E-state index in [0.29, 0.717) is 12.5 Å². The third-order valence-electron chi connectivity index (χ3n) is 3.91. The van der Waals surface area contributed by atoms with Crippen LogP contribution in [0.5, 0.6) is 0 Å². The second kappa shape index (κ2) is 5.16. The van der Waals surface area contributed by atoms with Gasteiger partial charge < -0.3 is 10.0 Å². The Labute approximate surface area is 114 Å². The summed E-state index contributed by atoms with van der Waals surface area (Å²) >= 11 is 0. The Hall–Kier alpha value is -1.64. The summed E-state index contributed by atoms with van der Waals surface area (Å²) in [5.74, 6) is 0.333. The van der Waals surface area contributed by atoms with Crippen LogP contribution in [0.2, 0.25) is 0 Å². The number of likely N-dealkylation sites (N-methyl/N-ethyl adjacent to an activating group) is 1. The van der Waals surface area contributed by atoms with Crippen LogP contribution in [0.4, 0.5) is 0 Å². The topological polar surface area (TPSA) is 23.5 Å². The van der Waals surface area contributed by atoms with Gasteiger partial charge >= 0.3 is 0 Å². The second-order valence-electron chi connectivity index (χ2n) is 5.33. The lowest BCUT2D eigenvalue weighted by molar-refractivity contribution is 0.132. The van der Waals surface area contributed by atoms with Gasteiger partial charge in [-0.3, -0.25) is 0 Å². The minimum absolute atomic E-state index is 0.333. The molecule has 0 bridgehead atoms. The van der Waals surface area contributed by atoms with Crippen molar-refractivity contribution in [3.63, 3.8) is 0 Å². The standard InChI is InChI=1S/C17H19NO/c1-18-11-16(13-7-3-2-4-8-13)14-9-5-6-10-15(14)17(19)12-18/h2-10,16-17,19H,11-12H2,1H3. The third-order valence-corrected chi connectivity index (χ3v) is 3.91. The molecule has 2 heteroatoms. The molecule has 0 spiro atoms. The van der Waals surface area contributed by atoms with E-state index in [0.717, 1.165) is 12.1 Å². The minimum Gasteiger partial charge on any atom is -0.387 e. The lowest BCUT2D eigenvalue weighted by Crippen LogP contribution is -2.25. The van der Waals surface area contributed by atoms with Gasteiger partial charge in [0.15, 0.2) is 0 Å². The molecule has 1 aliphatic rings. The maximum absolute atomic E-state index is 10.3. The van der Waals surface area contributed by atoms with E-state index < -0.39 is 6.10 Å². The summed E-state index contributed by atoms with van der Waals surface area (Å²) in [6.07, 6.45) is -0.394. The molecular formula is C17H19NO. The van der Waals surface area contributed by atoms with Gasteiger partial charge in [-0.05, 0) is 23.7 Å². The zero-order valence-corrected chi connectivity index (χ0v) is 11.2. The molecule has 0 radical (unpaired) electrons. The average molecular weight is 253 g/mol. The van der Waals surface area contributed by atoms with Gasteiger partial charge in [0, 0.05) is 19.0 Å². The first-order valence-electron chi connectivity index (χ1n) is 6.76. The van der Waals surface area contributed by atoms with Crippen molar-refractivity contribution in [3.8, 4) is 0 Å². The zero-order chi connectivity index (χ0) is 13.2. The fraction of sp³-hybridized carbons (Fsp3) is 0.294. The van der Waals surface area contributed by atoms with E-state index in [2.05, 4.69) is 54.4 Å². The molecule has 0 saturated carbocycles. The molecule has 0 saturated heterocycles. The average Bonchev–Trinajstić information content (AvgIpc) is 2.57. The van der Waals surface area contributed by atoms with E-state index in [4.69, 9.17) is 0 Å². The molecule has 2 unspecified atom stereocenters. The first-order valence-corrected chi connectivity index (χ1v) is 6.76. The Bertz CT molecular complexity index is 552. The van der Waals surface area contributed by atoms with Crippen LogP contribution in [-0.2, 0) is 0 Å². The Morgan fingerprint density at radius 1 is 0.895 bits per heavy atom. The summed E-state index contributed by atoms with van der Waals surface area (Å²) < 4.78 is 0. The van der Waals surface area contributed by atoms with Crippen LogP contribution < -0.4 is 0 Å². The smallest absolute Gasteiger partial charge is 0.0919 e. The van der Waals surface area contributed by atoms with Crippen molar-refractivity contribution >= 4 is 0 Å². The van der Waals surface area contributed by atoms with Crippen molar-refractivity contribution in [2.45, 2.75) is 12.0 Å². The van der Waals surface area contributed by atoms with E-state index >= 15 is 0 Å². The molecule has 1 aliphatic heterocycles. The Kier molecular flexibility index (Phi) is 3.36. The molecule has 1 N–H and O–H groups in total. The van der Waals surface area contributed by atoms with Crippen molar-refractivity contribution in [3.05, 3.63) is 71.3 Å². The summed E-state index contributed by atoms with van der Waals surface area (Å²) in [5.41, 5.74) is 3.64. The Morgan fingerprint density at radius 3 is 2.26 bits per heavy atom. The highest BCUT2D eigenvalue weighted by atomic mass is 16.3. The molecule has 2 aromatic carbocycles. The van der Waals surface area contributed by atoms with Gasteiger partial charge in [-0.15, -0.1) is 0 Å². The van der Waals surface area contributed by atoms with Crippen molar-refractivity contribution in [2.75, 3.05) is 20.1 Å². The first-order chi connectivity index (χ1) is 9.25. The normalized spacial score (nSPS) is 23.7. The second-order valence-corrected chi connectivity index (χ2v) is 5.33. The number of β-amino-alcohol motifs (C(OH)–C–C–N with tert-alkyl or cyclic N) is 1. The molecule has 1 heterocycles. The van der Waals surface area contributed by atoms with Gasteiger partial charge in [0.2, 0.25) is 0 Å². The molecule has 0 fully saturated rings.